The molecule has 1 N–H and O–H groups in total. The van der Waals surface area contributed by atoms with Crippen LogP contribution in [0, 0.1) is 0 Å². The molecule has 0 bridgehead atoms. The summed E-state index contributed by atoms with van der Waals surface area (Å²) in [5, 5.41) is 4.37. The summed E-state index contributed by atoms with van der Waals surface area (Å²) < 4.78 is 0. The quantitative estimate of drug-likeness (QED) is 0.654. The normalized spacial score (nSPS) is 12.9. The zero-order valence-electron chi connectivity index (χ0n) is 11.9. The van der Waals surface area contributed by atoms with Gasteiger partial charge in [-0.3, -0.25) is 0 Å². The highest BCUT2D eigenvalue weighted by atomic mass is 35.5. The third kappa shape index (κ3) is 5.88. The molecule has 1 aromatic rings. The summed E-state index contributed by atoms with van der Waals surface area (Å²) in [4.78, 5) is 0. The van der Waals surface area contributed by atoms with Crippen molar-refractivity contribution in [2.24, 2.45) is 0 Å². The lowest BCUT2D eigenvalue weighted by molar-refractivity contribution is 0.490. The van der Waals surface area contributed by atoms with Gasteiger partial charge in [0.1, 0.15) is 0 Å². The van der Waals surface area contributed by atoms with Gasteiger partial charge >= 0.3 is 0 Å². The second-order valence-corrected chi connectivity index (χ2v) is 5.74. The smallest absolute Gasteiger partial charge is 0.0406 e. The molecule has 0 saturated heterocycles. The summed E-state index contributed by atoms with van der Waals surface area (Å²) in [5.41, 5.74) is 1.41. The molecule has 0 aromatic heterocycles. The first kappa shape index (κ1) is 15.5. The predicted molar refractivity (Wildman–Crippen MR) is 81.5 cm³/mol. The van der Waals surface area contributed by atoms with Crippen molar-refractivity contribution in [2.75, 3.05) is 6.54 Å². The molecule has 0 fully saturated rings. The van der Waals surface area contributed by atoms with Crippen molar-refractivity contribution >= 4 is 11.6 Å². The Labute approximate surface area is 117 Å². The van der Waals surface area contributed by atoms with Crippen molar-refractivity contribution in [3.8, 4) is 0 Å². The highest BCUT2D eigenvalue weighted by molar-refractivity contribution is 6.30. The molecule has 0 aliphatic carbocycles. The number of unbranched alkanes of at least 4 members (excludes halogenated alkanes) is 2. The minimum absolute atomic E-state index is 0.547. The van der Waals surface area contributed by atoms with Gasteiger partial charge in [0.05, 0.1) is 0 Å². The van der Waals surface area contributed by atoms with E-state index >= 15 is 0 Å². The van der Waals surface area contributed by atoms with Gasteiger partial charge in [0.25, 0.3) is 0 Å². The fourth-order valence-electron chi connectivity index (χ4n) is 2.14. The average Bonchev–Trinajstić information content (AvgIpc) is 2.34. The summed E-state index contributed by atoms with van der Waals surface area (Å²) in [6.07, 6.45) is 5.18. The lowest BCUT2D eigenvalue weighted by Gasteiger charge is -2.20. The number of hydrogen-bond acceptors (Lipinski definition) is 1. The van der Waals surface area contributed by atoms with E-state index in [1.165, 1.54) is 31.2 Å². The molecule has 0 aliphatic rings. The van der Waals surface area contributed by atoms with E-state index in [0.717, 1.165) is 11.6 Å². The molecule has 1 rings (SSSR count). The van der Waals surface area contributed by atoms with Gasteiger partial charge in [-0.15, -0.1) is 0 Å². The second kappa shape index (κ2) is 8.55. The first-order valence-electron chi connectivity index (χ1n) is 7.12. The number of nitrogens with one attached hydrogen (secondary N) is 1. The van der Waals surface area contributed by atoms with Crippen LogP contribution < -0.4 is 5.32 Å². The van der Waals surface area contributed by atoms with E-state index in [0.29, 0.717) is 12.0 Å². The van der Waals surface area contributed by atoms with E-state index < -0.39 is 0 Å². The molecule has 1 unspecified atom stereocenters. The van der Waals surface area contributed by atoms with E-state index in [9.17, 15) is 0 Å². The lowest BCUT2D eigenvalue weighted by Crippen LogP contribution is -2.28. The van der Waals surface area contributed by atoms with E-state index in [1.807, 2.05) is 12.1 Å². The molecule has 18 heavy (non-hydrogen) atoms. The molecule has 1 atom stereocenters. The van der Waals surface area contributed by atoms with Gasteiger partial charge in [-0.05, 0) is 30.0 Å². The van der Waals surface area contributed by atoms with Crippen molar-refractivity contribution in [2.45, 2.75) is 58.4 Å². The molecule has 0 saturated carbocycles. The predicted octanol–water partition coefficient (Wildman–Crippen LogP) is 5.00. The molecule has 2 heteroatoms. The van der Waals surface area contributed by atoms with Crippen molar-refractivity contribution in [3.63, 3.8) is 0 Å². The summed E-state index contributed by atoms with van der Waals surface area (Å²) in [6, 6.07) is 8.88. The van der Waals surface area contributed by atoms with Crippen LogP contribution in [0.1, 0.15) is 57.9 Å². The molecule has 0 amide bonds. The maximum absolute atomic E-state index is 5.96. The molecule has 1 nitrogen and oxygen atoms in total. The molecule has 0 radical (unpaired) electrons. The van der Waals surface area contributed by atoms with Crippen molar-refractivity contribution in [1.82, 2.24) is 5.32 Å². The highest BCUT2D eigenvalue weighted by Gasteiger charge is 2.11. The molecule has 1 aromatic carbocycles. The van der Waals surface area contributed by atoms with Crippen LogP contribution in [0.15, 0.2) is 24.3 Å². The maximum Gasteiger partial charge on any atom is 0.0406 e. The van der Waals surface area contributed by atoms with Crippen LogP contribution in [0.3, 0.4) is 0 Å². The minimum Gasteiger partial charge on any atom is -0.314 e. The van der Waals surface area contributed by atoms with Gasteiger partial charge in [0, 0.05) is 17.6 Å². The Kier molecular flexibility index (Phi) is 7.38. The minimum atomic E-state index is 0.547. The van der Waals surface area contributed by atoms with Crippen LogP contribution in [0.4, 0.5) is 0 Å². The van der Waals surface area contributed by atoms with Gasteiger partial charge in [-0.25, -0.2) is 0 Å². The first-order chi connectivity index (χ1) is 8.63. The monoisotopic (exact) mass is 267 g/mol. The third-order valence-electron chi connectivity index (χ3n) is 3.27. The van der Waals surface area contributed by atoms with E-state index in [4.69, 9.17) is 11.6 Å². The lowest BCUT2D eigenvalue weighted by atomic mass is 9.93. The van der Waals surface area contributed by atoms with Crippen LogP contribution in [0.2, 0.25) is 5.02 Å². The van der Waals surface area contributed by atoms with Crippen molar-refractivity contribution in [3.05, 3.63) is 34.9 Å². The Balaban J connectivity index is 2.60. The van der Waals surface area contributed by atoms with E-state index in [2.05, 4.69) is 38.2 Å². The Morgan fingerprint density at radius 2 is 1.78 bits per heavy atom. The number of rotatable bonds is 8. The third-order valence-corrected chi connectivity index (χ3v) is 3.52. The largest absolute Gasteiger partial charge is 0.314 e. The van der Waals surface area contributed by atoms with Crippen LogP contribution in [-0.4, -0.2) is 12.6 Å². The Morgan fingerprint density at radius 3 is 2.33 bits per heavy atom. The van der Waals surface area contributed by atoms with E-state index in [-0.39, 0.29) is 0 Å². The summed E-state index contributed by atoms with van der Waals surface area (Å²) in [7, 11) is 0. The molecule has 0 spiro atoms. The topological polar surface area (TPSA) is 12.0 Å². The van der Waals surface area contributed by atoms with E-state index in [1.54, 1.807) is 0 Å². The van der Waals surface area contributed by atoms with Crippen molar-refractivity contribution < 1.29 is 0 Å². The Bertz CT molecular complexity index is 318. The van der Waals surface area contributed by atoms with Crippen LogP contribution in [-0.2, 0) is 0 Å². The fraction of sp³-hybridized carbons (Fsp3) is 0.625. The highest BCUT2D eigenvalue weighted by Crippen LogP contribution is 2.23. The molecule has 102 valence electrons. The summed E-state index contributed by atoms with van der Waals surface area (Å²) in [5.74, 6) is 0.608. The van der Waals surface area contributed by atoms with Crippen LogP contribution in [0.5, 0.6) is 0 Å². The summed E-state index contributed by atoms with van der Waals surface area (Å²) in [6.45, 7) is 7.71. The van der Waals surface area contributed by atoms with Crippen LogP contribution in [0.25, 0.3) is 0 Å². The first-order valence-corrected chi connectivity index (χ1v) is 7.50. The standard InChI is InChI=1S/C16H26ClN/c1-4-5-6-7-15(12-18-13(2)3)14-8-10-16(17)11-9-14/h8-11,13,15,18H,4-7,12H2,1-3H3. The van der Waals surface area contributed by atoms with Gasteiger partial charge in [0.2, 0.25) is 0 Å². The molecule has 0 aliphatic heterocycles. The number of benzene rings is 1. The van der Waals surface area contributed by atoms with Gasteiger partial charge in [-0.2, -0.15) is 0 Å². The molecular formula is C16H26ClN. The number of hydrogen-bond donors (Lipinski definition) is 1. The van der Waals surface area contributed by atoms with Crippen molar-refractivity contribution in [1.29, 1.82) is 0 Å². The fourth-order valence-corrected chi connectivity index (χ4v) is 2.27. The zero-order chi connectivity index (χ0) is 13.4. The van der Waals surface area contributed by atoms with Gasteiger partial charge in [0.15, 0.2) is 0 Å². The Morgan fingerprint density at radius 1 is 1.11 bits per heavy atom. The van der Waals surface area contributed by atoms with Crippen LogP contribution >= 0.6 is 11.6 Å². The second-order valence-electron chi connectivity index (χ2n) is 5.31. The number of halogens is 1. The molecular weight excluding hydrogens is 242 g/mol. The maximum atomic E-state index is 5.96. The Hall–Kier alpha value is -0.530. The summed E-state index contributed by atoms with van der Waals surface area (Å²) >= 11 is 5.96. The van der Waals surface area contributed by atoms with Gasteiger partial charge < -0.3 is 5.32 Å². The van der Waals surface area contributed by atoms with Gasteiger partial charge in [-0.1, -0.05) is 63.8 Å². The SMILES string of the molecule is CCCCCC(CNC(C)C)c1ccc(Cl)cc1. The molecule has 0 heterocycles. The zero-order valence-corrected chi connectivity index (χ0v) is 12.6. The average molecular weight is 268 g/mol.